The first kappa shape index (κ1) is 12.1. The van der Waals surface area contributed by atoms with Gasteiger partial charge < -0.3 is 5.11 Å². The molecule has 0 aliphatic rings. The smallest absolute Gasteiger partial charge is 0.356 e. The summed E-state index contributed by atoms with van der Waals surface area (Å²) in [7, 11) is 0. The van der Waals surface area contributed by atoms with Gasteiger partial charge in [-0.2, -0.15) is 13.8 Å². The molecule has 19 heavy (non-hydrogen) atoms. The molecule has 1 aromatic carbocycles. The molecule has 0 aliphatic heterocycles. The van der Waals surface area contributed by atoms with Crippen molar-refractivity contribution in [1.82, 2.24) is 18.5 Å². The van der Waals surface area contributed by atoms with Crippen molar-refractivity contribution in [1.29, 1.82) is 0 Å². The van der Waals surface area contributed by atoms with Crippen LogP contribution in [0.5, 0.6) is 0 Å². The molecule has 96 valence electrons. The number of nitrogens with zero attached hydrogens (tertiary/aromatic N) is 4. The molecule has 3 rings (SSSR count). The topological polar surface area (TPSA) is 80.9 Å². The molecule has 0 unspecified atom stereocenters. The average Bonchev–Trinajstić information content (AvgIpc) is 2.95. The fraction of sp³-hybridized carbons (Fsp3) is 0.0909. The Labute approximate surface area is 116 Å². The van der Waals surface area contributed by atoms with Crippen LogP contribution in [0.2, 0.25) is 5.02 Å². The summed E-state index contributed by atoms with van der Waals surface area (Å²) in [6.07, 6.45) is 1.61. The number of benzene rings is 1. The molecule has 6 nitrogen and oxygen atoms in total. The van der Waals surface area contributed by atoms with Crippen LogP contribution in [-0.4, -0.2) is 29.6 Å². The summed E-state index contributed by atoms with van der Waals surface area (Å²) in [6.45, 7) is 1.68. The van der Waals surface area contributed by atoms with Gasteiger partial charge in [-0.05, 0) is 19.1 Å². The van der Waals surface area contributed by atoms with Gasteiger partial charge in [0, 0.05) is 11.8 Å². The van der Waals surface area contributed by atoms with Crippen LogP contribution in [0.15, 0.2) is 18.3 Å². The standard InChI is InChI=1S/C11H7ClN4O2S/c1-5-4-16(13-8(5)11(17)18)10-6(12)2-3-7-9(10)15-19-14-7/h2-4H,1H3,(H,17,18). The van der Waals surface area contributed by atoms with E-state index in [-0.39, 0.29) is 5.69 Å². The molecule has 8 heteroatoms. The maximum absolute atomic E-state index is 11.0. The van der Waals surface area contributed by atoms with E-state index in [9.17, 15) is 4.79 Å². The average molecular weight is 295 g/mol. The minimum absolute atomic E-state index is 0.00346. The van der Waals surface area contributed by atoms with Crippen molar-refractivity contribution in [3.63, 3.8) is 0 Å². The SMILES string of the molecule is Cc1cn(-c2c(Cl)ccc3nsnc23)nc1C(=O)O. The van der Waals surface area contributed by atoms with Gasteiger partial charge >= 0.3 is 5.97 Å². The third-order valence-electron chi connectivity index (χ3n) is 2.68. The monoisotopic (exact) mass is 294 g/mol. The Morgan fingerprint density at radius 1 is 1.42 bits per heavy atom. The summed E-state index contributed by atoms with van der Waals surface area (Å²) >= 11 is 7.24. The van der Waals surface area contributed by atoms with E-state index in [4.69, 9.17) is 16.7 Å². The molecule has 2 heterocycles. The number of rotatable bonds is 2. The van der Waals surface area contributed by atoms with Gasteiger partial charge in [0.25, 0.3) is 0 Å². The third-order valence-corrected chi connectivity index (χ3v) is 3.53. The first-order valence-electron chi connectivity index (χ1n) is 5.28. The molecule has 3 aromatic rings. The number of carboxylic acid groups (broad SMARTS) is 1. The maximum Gasteiger partial charge on any atom is 0.356 e. The first-order chi connectivity index (χ1) is 9.08. The molecule has 0 saturated carbocycles. The van der Waals surface area contributed by atoms with E-state index in [1.165, 1.54) is 4.68 Å². The normalized spacial score (nSPS) is 11.1. The van der Waals surface area contributed by atoms with E-state index in [2.05, 4.69) is 13.8 Å². The fourth-order valence-corrected chi connectivity index (χ4v) is 2.59. The largest absolute Gasteiger partial charge is 0.476 e. The van der Waals surface area contributed by atoms with Crippen molar-refractivity contribution in [2.75, 3.05) is 0 Å². The summed E-state index contributed by atoms with van der Waals surface area (Å²) < 4.78 is 9.74. The number of carbonyl (C=O) groups is 1. The Morgan fingerprint density at radius 2 is 2.21 bits per heavy atom. The molecule has 0 saturated heterocycles. The lowest BCUT2D eigenvalue weighted by Crippen LogP contribution is -2.02. The van der Waals surface area contributed by atoms with Crippen molar-refractivity contribution in [3.8, 4) is 5.69 Å². The second kappa shape index (κ2) is 4.29. The van der Waals surface area contributed by atoms with Crippen LogP contribution in [0.3, 0.4) is 0 Å². The third kappa shape index (κ3) is 1.87. The van der Waals surface area contributed by atoms with E-state index < -0.39 is 5.97 Å². The highest BCUT2D eigenvalue weighted by Crippen LogP contribution is 2.28. The highest BCUT2D eigenvalue weighted by atomic mass is 35.5. The van der Waals surface area contributed by atoms with Crippen LogP contribution in [0.1, 0.15) is 16.1 Å². The molecule has 0 fully saturated rings. The second-order valence-corrected chi connectivity index (χ2v) is 4.87. The predicted octanol–water partition coefficient (Wildman–Crippen LogP) is 2.54. The van der Waals surface area contributed by atoms with Crippen molar-refractivity contribution in [2.24, 2.45) is 0 Å². The molecular weight excluding hydrogens is 288 g/mol. The summed E-state index contributed by atoms with van der Waals surface area (Å²) in [4.78, 5) is 11.0. The molecule has 0 atom stereocenters. The minimum Gasteiger partial charge on any atom is -0.476 e. The summed E-state index contributed by atoms with van der Waals surface area (Å²) in [6, 6.07) is 3.46. The number of aromatic carboxylic acids is 1. The quantitative estimate of drug-likeness (QED) is 0.785. The lowest BCUT2D eigenvalue weighted by atomic mass is 10.2. The summed E-state index contributed by atoms with van der Waals surface area (Å²) in [5.41, 5.74) is 2.41. The molecule has 0 spiro atoms. The fourth-order valence-electron chi connectivity index (χ4n) is 1.82. The second-order valence-electron chi connectivity index (χ2n) is 3.94. The highest BCUT2D eigenvalue weighted by molar-refractivity contribution is 7.00. The van der Waals surface area contributed by atoms with E-state index in [1.54, 1.807) is 25.3 Å². The molecule has 0 amide bonds. The van der Waals surface area contributed by atoms with Gasteiger partial charge in [0.2, 0.25) is 0 Å². The number of carboxylic acids is 1. The Bertz CT molecular complexity index is 795. The number of halogens is 1. The van der Waals surface area contributed by atoms with E-state index in [0.29, 0.717) is 27.3 Å². The van der Waals surface area contributed by atoms with Gasteiger partial charge in [-0.3, -0.25) is 0 Å². The Hall–Kier alpha value is -1.99. The first-order valence-corrected chi connectivity index (χ1v) is 6.39. The molecule has 1 N–H and O–H groups in total. The predicted molar refractivity (Wildman–Crippen MR) is 71.2 cm³/mol. The van der Waals surface area contributed by atoms with Crippen LogP contribution in [0.25, 0.3) is 16.7 Å². The van der Waals surface area contributed by atoms with E-state index in [1.807, 2.05) is 0 Å². The number of hydrogen-bond acceptors (Lipinski definition) is 5. The molecular formula is C11H7ClN4O2S. The molecule has 2 aromatic heterocycles. The maximum atomic E-state index is 11.0. The molecule has 0 bridgehead atoms. The molecule has 0 aliphatic carbocycles. The van der Waals surface area contributed by atoms with Gasteiger partial charge in [0.15, 0.2) is 5.69 Å². The van der Waals surface area contributed by atoms with Crippen molar-refractivity contribution in [2.45, 2.75) is 6.92 Å². The summed E-state index contributed by atoms with van der Waals surface area (Å²) in [5.74, 6) is -1.07. The Morgan fingerprint density at radius 3 is 2.89 bits per heavy atom. The number of aromatic nitrogens is 4. The summed E-state index contributed by atoms with van der Waals surface area (Å²) in [5, 5.41) is 13.5. The van der Waals surface area contributed by atoms with Crippen LogP contribution < -0.4 is 0 Å². The van der Waals surface area contributed by atoms with Crippen LogP contribution in [0.4, 0.5) is 0 Å². The zero-order valence-electron chi connectivity index (χ0n) is 9.66. The van der Waals surface area contributed by atoms with Gasteiger partial charge in [0.05, 0.1) is 16.8 Å². The minimum atomic E-state index is -1.07. The number of fused-ring (bicyclic) bond motifs is 1. The van der Waals surface area contributed by atoms with Crippen LogP contribution in [0, 0.1) is 6.92 Å². The zero-order chi connectivity index (χ0) is 13.6. The highest BCUT2D eigenvalue weighted by Gasteiger charge is 2.17. The van der Waals surface area contributed by atoms with E-state index in [0.717, 1.165) is 11.7 Å². The Balaban J connectivity index is 2.29. The van der Waals surface area contributed by atoms with Gasteiger partial charge in [-0.1, -0.05) is 11.6 Å². The van der Waals surface area contributed by atoms with Crippen molar-refractivity contribution in [3.05, 3.63) is 34.6 Å². The number of aryl methyl sites for hydroxylation is 1. The lowest BCUT2D eigenvalue weighted by Gasteiger charge is -2.04. The Kier molecular flexibility index (Phi) is 2.72. The van der Waals surface area contributed by atoms with Gasteiger partial charge in [0.1, 0.15) is 16.7 Å². The molecule has 0 radical (unpaired) electrons. The van der Waals surface area contributed by atoms with Gasteiger partial charge in [-0.15, -0.1) is 0 Å². The van der Waals surface area contributed by atoms with Crippen LogP contribution in [-0.2, 0) is 0 Å². The van der Waals surface area contributed by atoms with E-state index >= 15 is 0 Å². The van der Waals surface area contributed by atoms with Crippen molar-refractivity contribution < 1.29 is 9.90 Å². The van der Waals surface area contributed by atoms with Gasteiger partial charge in [-0.25, -0.2) is 9.48 Å². The zero-order valence-corrected chi connectivity index (χ0v) is 11.2. The van der Waals surface area contributed by atoms with Crippen molar-refractivity contribution >= 4 is 40.3 Å². The number of hydrogen-bond donors (Lipinski definition) is 1. The van der Waals surface area contributed by atoms with Crippen LogP contribution >= 0.6 is 23.3 Å². The lowest BCUT2D eigenvalue weighted by molar-refractivity contribution is 0.0689.